The van der Waals surface area contributed by atoms with Gasteiger partial charge in [-0.3, -0.25) is 4.79 Å². The van der Waals surface area contributed by atoms with Gasteiger partial charge in [0.05, 0.1) is 6.26 Å². The van der Waals surface area contributed by atoms with Gasteiger partial charge >= 0.3 is 5.97 Å². The molecular formula is C21H26ClNO4S. The van der Waals surface area contributed by atoms with Crippen molar-refractivity contribution in [2.45, 2.75) is 38.6 Å². The number of nitrogens with zero attached hydrogens (tertiary/aromatic N) is 1. The molecule has 0 saturated carbocycles. The van der Waals surface area contributed by atoms with Crippen LogP contribution in [0.25, 0.3) is 11.1 Å². The monoisotopic (exact) mass is 423 g/mol. The van der Waals surface area contributed by atoms with Gasteiger partial charge in [-0.1, -0.05) is 66.9 Å². The number of aliphatic carboxylic acids is 1. The Hall–Kier alpha value is -1.89. The van der Waals surface area contributed by atoms with E-state index in [0.29, 0.717) is 31.0 Å². The van der Waals surface area contributed by atoms with Crippen molar-refractivity contribution < 1.29 is 18.3 Å². The standard InChI is InChI=1S/C21H26ClNO4S/c1-28(26,27)23(15-7-3-2-4-10-21(24)25)16-17-11-13-18(14-12-17)19-8-5-6-9-20(19)22/h5-6,8-9,11-14H,2-4,7,10,15-16H2,1H3,(H,24,25). The highest BCUT2D eigenvalue weighted by molar-refractivity contribution is 7.88. The van der Waals surface area contributed by atoms with Crippen LogP contribution in [0.2, 0.25) is 5.02 Å². The third kappa shape index (κ3) is 7.26. The maximum atomic E-state index is 12.1. The molecule has 0 aliphatic heterocycles. The molecular weight excluding hydrogens is 398 g/mol. The van der Waals surface area contributed by atoms with E-state index in [9.17, 15) is 13.2 Å². The smallest absolute Gasteiger partial charge is 0.303 e. The SMILES string of the molecule is CS(=O)(=O)N(CCCCCCC(=O)O)Cc1ccc(-c2ccccc2Cl)cc1. The molecule has 1 N–H and O–H groups in total. The molecule has 0 bridgehead atoms. The molecule has 0 unspecified atom stereocenters. The summed E-state index contributed by atoms with van der Waals surface area (Å²) < 4.78 is 25.7. The van der Waals surface area contributed by atoms with Crippen LogP contribution < -0.4 is 0 Å². The molecule has 0 saturated heterocycles. The summed E-state index contributed by atoms with van der Waals surface area (Å²) in [6.07, 6.45) is 4.31. The van der Waals surface area contributed by atoms with E-state index in [-0.39, 0.29) is 6.42 Å². The summed E-state index contributed by atoms with van der Waals surface area (Å²) in [5.74, 6) is -0.794. The van der Waals surface area contributed by atoms with Crippen molar-refractivity contribution in [3.05, 3.63) is 59.1 Å². The molecule has 0 radical (unpaired) electrons. The van der Waals surface area contributed by atoms with Gasteiger partial charge in [0.15, 0.2) is 0 Å². The van der Waals surface area contributed by atoms with Gasteiger partial charge in [0, 0.05) is 30.1 Å². The second-order valence-corrected chi connectivity index (χ2v) is 9.22. The summed E-state index contributed by atoms with van der Waals surface area (Å²) in [5.41, 5.74) is 2.84. The Kier molecular flexibility index (Phi) is 8.48. The van der Waals surface area contributed by atoms with Crippen molar-refractivity contribution in [3.63, 3.8) is 0 Å². The number of hydrogen-bond acceptors (Lipinski definition) is 3. The van der Waals surface area contributed by atoms with Gasteiger partial charge in [-0.25, -0.2) is 8.42 Å². The van der Waals surface area contributed by atoms with E-state index < -0.39 is 16.0 Å². The Labute approximate surface area is 172 Å². The molecule has 28 heavy (non-hydrogen) atoms. The van der Waals surface area contributed by atoms with Crippen LogP contribution in [0.4, 0.5) is 0 Å². The van der Waals surface area contributed by atoms with Gasteiger partial charge < -0.3 is 5.11 Å². The lowest BCUT2D eigenvalue weighted by atomic mass is 10.0. The third-order valence-corrected chi connectivity index (χ3v) is 6.09. The zero-order valence-corrected chi connectivity index (χ0v) is 17.5. The van der Waals surface area contributed by atoms with E-state index >= 15 is 0 Å². The van der Waals surface area contributed by atoms with Crippen molar-refractivity contribution in [3.8, 4) is 11.1 Å². The molecule has 7 heteroatoms. The average Bonchev–Trinajstić information content (AvgIpc) is 2.63. The normalized spacial score (nSPS) is 11.7. The van der Waals surface area contributed by atoms with Crippen molar-refractivity contribution >= 4 is 27.6 Å². The maximum absolute atomic E-state index is 12.1. The lowest BCUT2D eigenvalue weighted by Crippen LogP contribution is -2.30. The number of rotatable bonds is 11. The fourth-order valence-electron chi connectivity index (χ4n) is 2.97. The number of carbonyl (C=O) groups is 1. The number of carboxylic acids is 1. The Balaban J connectivity index is 1.95. The van der Waals surface area contributed by atoms with Gasteiger partial charge in [-0.05, 0) is 30.0 Å². The first kappa shape index (κ1) is 22.4. The summed E-state index contributed by atoms with van der Waals surface area (Å²) in [7, 11) is -3.32. The molecule has 2 aromatic rings. The molecule has 0 aliphatic rings. The van der Waals surface area contributed by atoms with Crippen molar-refractivity contribution in [2.75, 3.05) is 12.8 Å². The fraction of sp³-hybridized carbons (Fsp3) is 0.381. The number of hydrogen-bond donors (Lipinski definition) is 1. The molecule has 0 atom stereocenters. The largest absolute Gasteiger partial charge is 0.481 e. The molecule has 2 aromatic carbocycles. The third-order valence-electron chi connectivity index (χ3n) is 4.51. The van der Waals surface area contributed by atoms with E-state index in [4.69, 9.17) is 16.7 Å². The Morgan fingerprint density at radius 3 is 2.25 bits per heavy atom. The second-order valence-electron chi connectivity index (χ2n) is 6.83. The zero-order valence-electron chi connectivity index (χ0n) is 16.0. The van der Waals surface area contributed by atoms with E-state index in [1.807, 2.05) is 48.5 Å². The zero-order chi connectivity index (χ0) is 20.6. The highest BCUT2D eigenvalue weighted by Crippen LogP contribution is 2.27. The highest BCUT2D eigenvalue weighted by Gasteiger charge is 2.16. The molecule has 5 nitrogen and oxygen atoms in total. The molecule has 0 heterocycles. The first-order valence-electron chi connectivity index (χ1n) is 9.28. The molecule has 152 valence electrons. The van der Waals surface area contributed by atoms with Crippen LogP contribution in [-0.2, 0) is 21.4 Å². The summed E-state index contributed by atoms with van der Waals surface area (Å²) in [4.78, 5) is 10.5. The topological polar surface area (TPSA) is 74.7 Å². The van der Waals surface area contributed by atoms with E-state index in [1.165, 1.54) is 10.6 Å². The van der Waals surface area contributed by atoms with Crippen molar-refractivity contribution in [2.24, 2.45) is 0 Å². The minimum atomic E-state index is -3.32. The number of unbranched alkanes of at least 4 members (excludes halogenated alkanes) is 3. The number of sulfonamides is 1. The Morgan fingerprint density at radius 1 is 1.00 bits per heavy atom. The number of benzene rings is 2. The van der Waals surface area contributed by atoms with E-state index in [0.717, 1.165) is 29.5 Å². The second kappa shape index (κ2) is 10.6. The first-order chi connectivity index (χ1) is 13.3. The molecule has 0 aliphatic carbocycles. The quantitative estimate of drug-likeness (QED) is 0.526. The van der Waals surface area contributed by atoms with Gasteiger partial charge in [-0.2, -0.15) is 4.31 Å². The van der Waals surface area contributed by atoms with Crippen molar-refractivity contribution in [1.82, 2.24) is 4.31 Å². The van der Waals surface area contributed by atoms with Crippen LogP contribution >= 0.6 is 11.6 Å². The fourth-order valence-corrected chi connectivity index (χ4v) is 4.06. The van der Waals surface area contributed by atoms with Crippen LogP contribution in [0.1, 0.15) is 37.7 Å². The Bertz CT molecular complexity index is 882. The van der Waals surface area contributed by atoms with Crippen LogP contribution in [0.15, 0.2) is 48.5 Å². The lowest BCUT2D eigenvalue weighted by molar-refractivity contribution is -0.137. The molecule has 0 aromatic heterocycles. The Morgan fingerprint density at radius 2 is 1.64 bits per heavy atom. The van der Waals surface area contributed by atoms with E-state index in [1.54, 1.807) is 0 Å². The summed E-state index contributed by atoms with van der Waals surface area (Å²) in [6, 6.07) is 15.3. The van der Waals surface area contributed by atoms with E-state index in [2.05, 4.69) is 0 Å². The lowest BCUT2D eigenvalue weighted by Gasteiger charge is -2.20. The summed E-state index contributed by atoms with van der Waals surface area (Å²) in [6.45, 7) is 0.745. The first-order valence-corrected chi connectivity index (χ1v) is 11.5. The maximum Gasteiger partial charge on any atom is 0.303 e. The average molecular weight is 424 g/mol. The molecule has 0 fully saturated rings. The number of halogens is 1. The predicted molar refractivity (Wildman–Crippen MR) is 113 cm³/mol. The van der Waals surface area contributed by atoms with Crippen LogP contribution in [0, 0.1) is 0 Å². The van der Waals surface area contributed by atoms with Crippen LogP contribution in [0.3, 0.4) is 0 Å². The van der Waals surface area contributed by atoms with Gasteiger partial charge in [0.25, 0.3) is 0 Å². The minimum absolute atomic E-state index is 0.160. The minimum Gasteiger partial charge on any atom is -0.481 e. The van der Waals surface area contributed by atoms with Gasteiger partial charge in [0.2, 0.25) is 10.0 Å². The molecule has 0 amide bonds. The summed E-state index contributed by atoms with van der Waals surface area (Å²) >= 11 is 6.23. The number of carboxylic acid groups (broad SMARTS) is 1. The molecule has 0 spiro atoms. The summed E-state index contributed by atoms with van der Waals surface area (Å²) in [5, 5.41) is 9.32. The predicted octanol–water partition coefficient (Wildman–Crippen LogP) is 4.80. The highest BCUT2D eigenvalue weighted by atomic mass is 35.5. The van der Waals surface area contributed by atoms with Crippen LogP contribution in [0.5, 0.6) is 0 Å². The van der Waals surface area contributed by atoms with Crippen LogP contribution in [-0.4, -0.2) is 36.6 Å². The molecule has 2 rings (SSSR count). The van der Waals surface area contributed by atoms with Gasteiger partial charge in [-0.15, -0.1) is 0 Å². The van der Waals surface area contributed by atoms with Gasteiger partial charge in [0.1, 0.15) is 0 Å². The van der Waals surface area contributed by atoms with Crippen molar-refractivity contribution in [1.29, 1.82) is 0 Å².